The fourth-order valence-electron chi connectivity index (χ4n) is 3.64. The molecule has 5 rings (SSSR count). The van der Waals surface area contributed by atoms with Crippen molar-refractivity contribution in [2.24, 2.45) is 0 Å². The van der Waals surface area contributed by atoms with E-state index in [2.05, 4.69) is 122 Å². The molecular formula is C25H14I3O2S+. The number of fused-ring (bicyclic) bond motifs is 3. The van der Waals surface area contributed by atoms with Gasteiger partial charge in [-0.1, -0.05) is 30.3 Å². The van der Waals surface area contributed by atoms with Crippen molar-refractivity contribution in [1.82, 2.24) is 0 Å². The van der Waals surface area contributed by atoms with Gasteiger partial charge >= 0.3 is 5.97 Å². The number of benzene rings is 4. The van der Waals surface area contributed by atoms with Crippen molar-refractivity contribution in [3.63, 3.8) is 0 Å². The molecule has 0 bridgehead atoms. The predicted molar refractivity (Wildman–Crippen MR) is 155 cm³/mol. The van der Waals surface area contributed by atoms with E-state index in [1.807, 2.05) is 30.3 Å². The maximum atomic E-state index is 13.0. The van der Waals surface area contributed by atoms with Gasteiger partial charge in [-0.25, -0.2) is 4.79 Å². The zero-order valence-electron chi connectivity index (χ0n) is 15.9. The summed E-state index contributed by atoms with van der Waals surface area (Å²) in [5.74, 6) is 0.252. The fraction of sp³-hybridized carbons (Fsp3) is 0. The maximum Gasteiger partial charge on any atom is 0.345 e. The summed E-state index contributed by atoms with van der Waals surface area (Å²) in [5.41, 5.74) is 0.623. The Morgan fingerprint density at radius 3 is 2.00 bits per heavy atom. The highest BCUT2D eigenvalue weighted by Gasteiger charge is 2.24. The van der Waals surface area contributed by atoms with Crippen LogP contribution in [0, 0.1) is 10.7 Å². The summed E-state index contributed by atoms with van der Waals surface area (Å²) in [4.78, 5) is 14.2. The smallest absolute Gasteiger partial charge is 0.345 e. The van der Waals surface area contributed by atoms with Gasteiger partial charge in [0.05, 0.1) is 5.56 Å². The van der Waals surface area contributed by atoms with E-state index >= 15 is 0 Å². The highest BCUT2D eigenvalue weighted by atomic mass is 127. The molecule has 0 unspecified atom stereocenters. The van der Waals surface area contributed by atoms with Crippen LogP contribution in [0.1, 0.15) is 10.4 Å². The number of ether oxygens (including phenoxy) is 1. The summed E-state index contributed by atoms with van der Waals surface area (Å²) < 4.78 is 11.3. The first-order valence-corrected chi connectivity index (χ1v) is 13.9. The summed E-state index contributed by atoms with van der Waals surface area (Å²) >= 11 is 6.65. The minimum absolute atomic E-state index is 0.218. The average Bonchev–Trinajstić information content (AvgIpc) is 3.11. The van der Waals surface area contributed by atoms with Crippen molar-refractivity contribution in [2.45, 2.75) is 0 Å². The van der Waals surface area contributed by atoms with Gasteiger partial charge in [-0.2, -0.15) is 0 Å². The van der Waals surface area contributed by atoms with Gasteiger partial charge in [0.15, 0.2) is 14.3 Å². The second-order valence-corrected chi connectivity index (χ2v) is 12.2. The second kappa shape index (κ2) is 8.95. The summed E-state index contributed by atoms with van der Waals surface area (Å²) in [7, 11) is -0.218. The van der Waals surface area contributed by atoms with E-state index in [0.717, 1.165) is 15.6 Å². The minimum Gasteiger partial charge on any atom is -0.423 e. The van der Waals surface area contributed by atoms with Crippen molar-refractivity contribution in [1.29, 1.82) is 0 Å². The fourth-order valence-corrected chi connectivity index (χ4v) is 8.39. The number of hydrogen-bond acceptors (Lipinski definition) is 2. The predicted octanol–water partition coefficient (Wildman–Crippen LogP) is 8.76. The van der Waals surface area contributed by atoms with E-state index in [0.29, 0.717) is 11.3 Å². The largest absolute Gasteiger partial charge is 0.423 e. The molecule has 2 nitrogen and oxygen atoms in total. The summed E-state index contributed by atoms with van der Waals surface area (Å²) in [6, 6.07) is 29.1. The molecule has 0 spiro atoms. The number of esters is 1. The zero-order valence-corrected chi connectivity index (χ0v) is 23.2. The number of hydrogen-bond donors (Lipinski definition) is 0. The topological polar surface area (TPSA) is 26.3 Å². The zero-order chi connectivity index (χ0) is 21.5. The van der Waals surface area contributed by atoms with Crippen LogP contribution < -0.4 is 4.74 Å². The number of carbonyl (C=O) groups is 1. The molecule has 0 N–H and O–H groups in total. The van der Waals surface area contributed by atoms with Crippen LogP contribution in [0.2, 0.25) is 0 Å². The molecule has 0 aliphatic heterocycles. The first-order valence-electron chi connectivity index (χ1n) is 9.43. The van der Waals surface area contributed by atoms with Gasteiger partial charge in [-0.15, -0.1) is 0 Å². The lowest BCUT2D eigenvalue weighted by Gasteiger charge is -2.09. The van der Waals surface area contributed by atoms with Gasteiger partial charge in [-0.05, 0) is 116 Å². The summed E-state index contributed by atoms with van der Waals surface area (Å²) in [6.45, 7) is 0. The normalized spacial score (nSPS) is 11.2. The van der Waals surface area contributed by atoms with E-state index in [1.165, 1.54) is 20.2 Å². The van der Waals surface area contributed by atoms with Crippen molar-refractivity contribution in [3.05, 3.63) is 101 Å². The molecule has 6 heteroatoms. The van der Waals surface area contributed by atoms with Gasteiger partial charge in [0.25, 0.3) is 0 Å². The number of rotatable bonds is 3. The highest BCUT2D eigenvalue weighted by Crippen LogP contribution is 2.48. The van der Waals surface area contributed by atoms with Crippen molar-refractivity contribution in [2.75, 3.05) is 0 Å². The van der Waals surface area contributed by atoms with Crippen LogP contribution in [-0.2, 0) is 0 Å². The Labute approximate surface area is 223 Å². The number of thiophene rings is 1. The van der Waals surface area contributed by atoms with E-state index in [9.17, 15) is 4.79 Å². The molecule has 31 heavy (non-hydrogen) atoms. The van der Waals surface area contributed by atoms with Crippen LogP contribution >= 0.6 is 78.2 Å². The first-order chi connectivity index (χ1) is 15.0. The van der Waals surface area contributed by atoms with Crippen LogP contribution in [-0.4, -0.2) is 5.97 Å². The van der Waals surface area contributed by atoms with E-state index in [-0.39, 0.29) is 16.4 Å². The summed E-state index contributed by atoms with van der Waals surface area (Å²) in [5, 5.41) is 2.57. The maximum absolute atomic E-state index is 13.0. The van der Waals surface area contributed by atoms with Crippen LogP contribution in [0.15, 0.2) is 84.9 Å². The molecule has 152 valence electrons. The quantitative estimate of drug-likeness (QED) is 0.0605. The molecule has 4 aromatic carbocycles. The summed E-state index contributed by atoms with van der Waals surface area (Å²) in [6.07, 6.45) is 0. The van der Waals surface area contributed by atoms with E-state index < -0.39 is 0 Å². The van der Waals surface area contributed by atoms with Gasteiger partial charge < -0.3 is 4.74 Å². The lowest BCUT2D eigenvalue weighted by Crippen LogP contribution is -2.13. The molecule has 0 aliphatic rings. The van der Waals surface area contributed by atoms with Crippen molar-refractivity contribution >= 4 is 104 Å². The number of halogens is 3. The Balaban J connectivity index is 1.60. The molecule has 1 aromatic heterocycles. The molecule has 5 aromatic rings. The molecule has 0 saturated heterocycles. The first kappa shape index (κ1) is 21.6. The lowest BCUT2D eigenvalue weighted by molar-refractivity contribution is 0.0732. The van der Waals surface area contributed by atoms with Crippen LogP contribution in [0.4, 0.5) is 0 Å². The third-order valence-corrected chi connectivity index (χ3v) is 11.3. The second-order valence-electron chi connectivity index (χ2n) is 6.88. The Kier molecular flexibility index (Phi) is 6.24. The minimum atomic E-state index is -0.319. The molecule has 0 fully saturated rings. The average molecular weight is 759 g/mol. The molecule has 1 heterocycles. The van der Waals surface area contributed by atoms with Crippen molar-refractivity contribution in [3.8, 4) is 10.6 Å². The van der Waals surface area contributed by atoms with Crippen LogP contribution in [0.5, 0.6) is 5.75 Å². The Morgan fingerprint density at radius 1 is 0.710 bits per heavy atom. The van der Waals surface area contributed by atoms with Crippen LogP contribution in [0.3, 0.4) is 0 Å². The lowest BCUT2D eigenvalue weighted by atomic mass is 10.2. The Morgan fingerprint density at radius 2 is 1.32 bits per heavy atom. The molecule has 0 amide bonds. The SMILES string of the molecule is O=C(Oc1cccc(-[s+]2c3ccccc3c3ccccc32)c1)c1c(I)ccc(I)c1I. The molecule has 0 saturated carbocycles. The molecule has 0 radical (unpaired) electrons. The molecule has 0 aliphatic carbocycles. The van der Waals surface area contributed by atoms with Gasteiger partial charge in [0.1, 0.15) is 5.75 Å². The Hall–Kier alpha value is -1.24. The van der Waals surface area contributed by atoms with Crippen molar-refractivity contribution < 1.29 is 9.53 Å². The van der Waals surface area contributed by atoms with Crippen LogP contribution in [0.25, 0.3) is 25.1 Å². The van der Waals surface area contributed by atoms with E-state index in [4.69, 9.17) is 4.74 Å². The van der Waals surface area contributed by atoms with Gasteiger partial charge in [-0.3, -0.25) is 0 Å². The third-order valence-electron chi connectivity index (χ3n) is 5.00. The molecule has 0 atom stereocenters. The Bertz CT molecular complexity index is 1420. The molecular weight excluding hydrogens is 745 g/mol. The standard InChI is InChI=1S/C25H14I3O2S/c26-19-12-13-20(27)24(28)23(19)25(29)30-15-6-5-7-16(14-15)31-21-10-3-1-8-17(21)18-9-2-4-11-22(18)31/h1-14H/q+1. The third kappa shape index (κ3) is 4.00. The highest BCUT2D eigenvalue weighted by molar-refractivity contribution is 14.1. The van der Waals surface area contributed by atoms with Gasteiger partial charge in [0, 0.05) is 38.0 Å². The number of carbonyl (C=O) groups excluding carboxylic acids is 1. The van der Waals surface area contributed by atoms with E-state index in [1.54, 1.807) is 0 Å². The monoisotopic (exact) mass is 759 g/mol. The van der Waals surface area contributed by atoms with Gasteiger partial charge in [0.2, 0.25) is 0 Å².